The van der Waals surface area contributed by atoms with Crippen LogP contribution in [0.4, 0.5) is 0 Å². The van der Waals surface area contributed by atoms with Crippen LogP contribution in [-0.2, 0) is 6.61 Å². The Bertz CT molecular complexity index is 1380. The molecule has 0 bridgehead atoms. The molecule has 1 aromatic heterocycles. The number of fused-ring (bicyclic) bond motifs is 1. The van der Waals surface area contributed by atoms with Crippen LogP contribution in [0.2, 0.25) is 0 Å². The highest BCUT2D eigenvalue weighted by molar-refractivity contribution is 9.10. The van der Waals surface area contributed by atoms with Gasteiger partial charge in [0.15, 0.2) is 0 Å². The average molecular weight is 504 g/mol. The van der Waals surface area contributed by atoms with Crippen molar-refractivity contribution in [3.05, 3.63) is 104 Å². The zero-order valence-electron chi connectivity index (χ0n) is 19.0. The summed E-state index contributed by atoms with van der Waals surface area (Å²) in [6, 6.07) is 21.5. The largest absolute Gasteiger partial charge is 0.489 e. The summed E-state index contributed by atoms with van der Waals surface area (Å²) in [5.74, 6) is 1.49. The van der Waals surface area contributed by atoms with Crippen LogP contribution < -0.4 is 10.3 Å². The third-order valence-electron chi connectivity index (χ3n) is 5.55. The molecule has 5 nitrogen and oxygen atoms in total. The molecule has 0 amide bonds. The first-order valence-electron chi connectivity index (χ1n) is 11.0. The second-order valence-electron chi connectivity index (χ2n) is 8.15. The molecule has 4 rings (SSSR count). The molecule has 33 heavy (non-hydrogen) atoms. The second-order valence-corrected chi connectivity index (χ2v) is 9.07. The third-order valence-corrected chi connectivity index (χ3v) is 6.05. The minimum Gasteiger partial charge on any atom is -0.489 e. The van der Waals surface area contributed by atoms with Crippen molar-refractivity contribution < 1.29 is 4.74 Å². The summed E-state index contributed by atoms with van der Waals surface area (Å²) in [5, 5.41) is 5.07. The maximum Gasteiger partial charge on any atom is 0.282 e. The van der Waals surface area contributed by atoms with Crippen LogP contribution >= 0.6 is 15.9 Å². The topological polar surface area (TPSA) is 56.5 Å². The van der Waals surface area contributed by atoms with E-state index >= 15 is 0 Å². The van der Waals surface area contributed by atoms with E-state index in [1.54, 1.807) is 12.3 Å². The van der Waals surface area contributed by atoms with Crippen molar-refractivity contribution in [2.75, 3.05) is 0 Å². The second kappa shape index (κ2) is 10.1. The molecule has 1 heterocycles. The Morgan fingerprint density at radius 1 is 1.12 bits per heavy atom. The lowest BCUT2D eigenvalue weighted by molar-refractivity contribution is 0.306. The molecular weight excluding hydrogens is 478 g/mol. The van der Waals surface area contributed by atoms with Crippen molar-refractivity contribution >= 4 is 33.0 Å². The minimum absolute atomic E-state index is 0.0897. The number of hydrogen-bond acceptors (Lipinski definition) is 4. The number of halogens is 1. The van der Waals surface area contributed by atoms with Crippen molar-refractivity contribution in [1.29, 1.82) is 0 Å². The van der Waals surface area contributed by atoms with Gasteiger partial charge in [-0.1, -0.05) is 71.7 Å². The summed E-state index contributed by atoms with van der Waals surface area (Å²) in [7, 11) is 0. The summed E-state index contributed by atoms with van der Waals surface area (Å²) in [5.41, 5.74) is 3.66. The molecule has 0 radical (unpaired) electrons. The van der Waals surface area contributed by atoms with E-state index in [2.05, 4.69) is 53.9 Å². The predicted octanol–water partition coefficient (Wildman–Crippen LogP) is 6.44. The van der Waals surface area contributed by atoms with Gasteiger partial charge in [0.1, 0.15) is 18.2 Å². The van der Waals surface area contributed by atoms with Crippen molar-refractivity contribution in [2.24, 2.45) is 5.10 Å². The molecule has 0 aliphatic carbocycles. The van der Waals surface area contributed by atoms with E-state index < -0.39 is 0 Å². The summed E-state index contributed by atoms with van der Waals surface area (Å²) in [6.07, 6.45) is 2.53. The van der Waals surface area contributed by atoms with Crippen LogP contribution in [-0.4, -0.2) is 15.9 Å². The fourth-order valence-electron chi connectivity index (χ4n) is 3.56. The first kappa shape index (κ1) is 22.9. The molecule has 0 N–H and O–H groups in total. The first-order chi connectivity index (χ1) is 15.9. The van der Waals surface area contributed by atoms with Gasteiger partial charge in [-0.15, -0.1) is 0 Å². The normalized spacial score (nSPS) is 12.4. The Hall–Kier alpha value is -3.25. The molecule has 1 atom stereocenters. The highest BCUT2D eigenvalue weighted by Gasteiger charge is 2.15. The maximum absolute atomic E-state index is 13.3. The molecule has 0 aliphatic heterocycles. The first-order valence-corrected chi connectivity index (χ1v) is 11.8. The lowest BCUT2D eigenvalue weighted by atomic mass is 10.1. The smallest absolute Gasteiger partial charge is 0.282 e. The molecule has 168 valence electrons. The minimum atomic E-state index is -0.181. The summed E-state index contributed by atoms with van der Waals surface area (Å²) >= 11 is 3.44. The maximum atomic E-state index is 13.3. The number of ether oxygens (including phenoxy) is 1. The van der Waals surface area contributed by atoms with E-state index in [1.807, 2.05) is 48.5 Å². The number of hydrogen-bond donors (Lipinski definition) is 0. The van der Waals surface area contributed by atoms with Crippen molar-refractivity contribution in [3.8, 4) is 5.75 Å². The molecule has 0 unspecified atom stereocenters. The van der Waals surface area contributed by atoms with Gasteiger partial charge in [0.25, 0.3) is 5.56 Å². The van der Waals surface area contributed by atoms with Crippen LogP contribution in [0.3, 0.4) is 0 Å². The van der Waals surface area contributed by atoms with Crippen LogP contribution in [0, 0.1) is 6.92 Å². The zero-order chi connectivity index (χ0) is 23.4. The van der Waals surface area contributed by atoms with E-state index in [4.69, 9.17) is 9.72 Å². The molecule has 0 spiro atoms. The molecule has 0 fully saturated rings. The Labute approximate surface area is 201 Å². The lowest BCUT2D eigenvalue weighted by Gasteiger charge is -2.14. The van der Waals surface area contributed by atoms with Gasteiger partial charge in [-0.25, -0.2) is 4.98 Å². The summed E-state index contributed by atoms with van der Waals surface area (Å²) < 4.78 is 8.22. The van der Waals surface area contributed by atoms with Crippen molar-refractivity contribution in [2.45, 2.75) is 39.7 Å². The SMILES string of the molecule is CC[C@H](C)c1nc2ccc(Br)cc2c(=O)n1N=Cc1cccc(OCc2cccc(C)c2)c1. The van der Waals surface area contributed by atoms with Crippen LogP contribution in [0.15, 0.2) is 81.1 Å². The highest BCUT2D eigenvalue weighted by atomic mass is 79.9. The van der Waals surface area contributed by atoms with Crippen molar-refractivity contribution in [3.63, 3.8) is 0 Å². The van der Waals surface area contributed by atoms with Gasteiger partial charge < -0.3 is 4.74 Å². The molecule has 0 aliphatic rings. The average Bonchev–Trinajstić information content (AvgIpc) is 2.82. The molecule has 3 aromatic carbocycles. The quantitative estimate of drug-likeness (QED) is 0.272. The summed E-state index contributed by atoms with van der Waals surface area (Å²) in [4.78, 5) is 18.0. The van der Waals surface area contributed by atoms with Crippen LogP contribution in [0.25, 0.3) is 10.9 Å². The molecule has 6 heteroatoms. The zero-order valence-corrected chi connectivity index (χ0v) is 20.5. The van der Waals surface area contributed by atoms with Gasteiger partial charge >= 0.3 is 0 Å². The third kappa shape index (κ3) is 5.40. The number of rotatable bonds is 7. The van der Waals surface area contributed by atoms with Gasteiger partial charge in [-0.2, -0.15) is 9.78 Å². The summed E-state index contributed by atoms with van der Waals surface area (Å²) in [6.45, 7) is 6.68. The highest BCUT2D eigenvalue weighted by Crippen LogP contribution is 2.21. The lowest BCUT2D eigenvalue weighted by Crippen LogP contribution is -2.23. The number of aryl methyl sites for hydroxylation is 1. The fourth-order valence-corrected chi connectivity index (χ4v) is 3.92. The van der Waals surface area contributed by atoms with E-state index in [0.29, 0.717) is 23.3 Å². The van der Waals surface area contributed by atoms with Crippen LogP contribution in [0.5, 0.6) is 5.75 Å². The van der Waals surface area contributed by atoms with Gasteiger partial charge in [-0.05, 0) is 54.8 Å². The van der Waals surface area contributed by atoms with Gasteiger partial charge in [0.05, 0.1) is 17.1 Å². The standard InChI is InChI=1S/C27H26BrN3O2/c1-4-19(3)26-30-25-12-11-22(28)15-24(25)27(32)31(26)29-16-20-8-6-10-23(14-20)33-17-21-9-5-7-18(2)13-21/h5-16,19H,4,17H2,1-3H3/t19-/m0/s1. The Balaban J connectivity index is 1.64. The number of benzene rings is 3. The Morgan fingerprint density at radius 3 is 2.73 bits per heavy atom. The Morgan fingerprint density at radius 2 is 1.94 bits per heavy atom. The molecule has 0 saturated heterocycles. The number of nitrogens with zero attached hydrogens (tertiary/aromatic N) is 3. The molecule has 0 saturated carbocycles. The molecular formula is C27H26BrN3O2. The monoisotopic (exact) mass is 503 g/mol. The van der Waals surface area contributed by atoms with Crippen molar-refractivity contribution in [1.82, 2.24) is 9.66 Å². The Kier molecular flexibility index (Phi) is 7.04. The van der Waals surface area contributed by atoms with Crippen LogP contribution in [0.1, 0.15) is 48.7 Å². The van der Waals surface area contributed by atoms with E-state index in [9.17, 15) is 4.79 Å². The van der Waals surface area contributed by atoms with E-state index in [0.717, 1.165) is 27.8 Å². The predicted molar refractivity (Wildman–Crippen MR) is 137 cm³/mol. The number of aromatic nitrogens is 2. The van der Waals surface area contributed by atoms with Gasteiger partial charge in [0, 0.05) is 10.4 Å². The fraction of sp³-hybridized carbons (Fsp3) is 0.222. The van der Waals surface area contributed by atoms with E-state index in [1.165, 1.54) is 10.2 Å². The molecule has 4 aromatic rings. The van der Waals surface area contributed by atoms with E-state index in [-0.39, 0.29) is 11.5 Å². The van der Waals surface area contributed by atoms with Gasteiger partial charge in [0.2, 0.25) is 0 Å². The van der Waals surface area contributed by atoms with Gasteiger partial charge in [-0.3, -0.25) is 4.79 Å².